The van der Waals surface area contributed by atoms with Crippen molar-refractivity contribution in [1.82, 2.24) is 0 Å². The Morgan fingerprint density at radius 2 is 1.61 bits per heavy atom. The van der Waals surface area contributed by atoms with Gasteiger partial charge in [-0.05, 0) is 26.3 Å². The van der Waals surface area contributed by atoms with Crippen molar-refractivity contribution in [2.24, 2.45) is 5.41 Å². The van der Waals surface area contributed by atoms with Crippen LogP contribution in [0.1, 0.15) is 30.9 Å². The van der Waals surface area contributed by atoms with Crippen molar-refractivity contribution in [3.63, 3.8) is 0 Å². The van der Waals surface area contributed by atoms with Crippen molar-refractivity contribution in [3.05, 3.63) is 45.5 Å². The molecule has 0 unspecified atom stereocenters. The van der Waals surface area contributed by atoms with Crippen molar-refractivity contribution in [2.45, 2.75) is 32.7 Å². The molecule has 0 amide bonds. The Morgan fingerprint density at radius 3 is 2.00 bits per heavy atom. The fraction of sp³-hybridized carbons (Fsp3) is 0.500. The second kappa shape index (κ2) is 6.36. The van der Waals surface area contributed by atoms with E-state index in [2.05, 4.69) is 0 Å². The van der Waals surface area contributed by atoms with Crippen LogP contribution < -0.4 is 0 Å². The van der Waals surface area contributed by atoms with E-state index in [1.54, 1.807) is 38.1 Å². The summed E-state index contributed by atoms with van der Waals surface area (Å²) < 4.78 is 9.90. The molecule has 1 aromatic rings. The quantitative estimate of drug-likeness (QED) is 0.343. The first-order valence-corrected chi connectivity index (χ1v) is 7.45. The van der Waals surface area contributed by atoms with E-state index in [4.69, 9.17) is 9.47 Å². The predicted octanol–water partition coefficient (Wildman–Crippen LogP) is 1.85. The minimum Gasteiger partial charge on any atom is -0.465 e. The Hall–Kier alpha value is -2.44. The Balaban J connectivity index is 2.49. The molecule has 23 heavy (non-hydrogen) atoms. The highest BCUT2D eigenvalue weighted by Crippen LogP contribution is 2.62. The van der Waals surface area contributed by atoms with Crippen LogP contribution in [0.25, 0.3) is 0 Å². The standard InChI is InChI=1S/C16H19NO6/c1-4-22-14(18)16(15(19)23-5-2)12(13(16)17(20)21)11-8-6-10(3)7-9-11/h6-9,12-13H,4-5H2,1-3H3/t12-,13-/m0/s1. The first kappa shape index (κ1) is 16.9. The van der Waals surface area contributed by atoms with Gasteiger partial charge in [0, 0.05) is 4.92 Å². The van der Waals surface area contributed by atoms with E-state index in [-0.39, 0.29) is 13.2 Å². The van der Waals surface area contributed by atoms with E-state index < -0.39 is 34.2 Å². The molecule has 1 saturated carbocycles. The SMILES string of the molecule is CCOC(=O)C1(C(=O)OCC)[C@@H]([N+](=O)[O-])[C@@H]1c1ccc(C)cc1. The molecule has 1 aliphatic rings. The van der Waals surface area contributed by atoms with E-state index in [1.165, 1.54) is 0 Å². The average Bonchev–Trinajstić information content (AvgIpc) is 3.20. The highest BCUT2D eigenvalue weighted by molar-refractivity contribution is 6.06. The Labute approximate surface area is 133 Å². The molecule has 1 aromatic carbocycles. The summed E-state index contributed by atoms with van der Waals surface area (Å²) in [5.41, 5.74) is -0.367. The summed E-state index contributed by atoms with van der Waals surface area (Å²) in [7, 11) is 0. The lowest BCUT2D eigenvalue weighted by molar-refractivity contribution is -0.501. The molecule has 0 bridgehead atoms. The lowest BCUT2D eigenvalue weighted by Gasteiger charge is -2.13. The number of benzene rings is 1. The Bertz CT molecular complexity index is 606. The Morgan fingerprint density at radius 1 is 1.13 bits per heavy atom. The normalized spacial score (nSPS) is 21.3. The molecule has 7 heteroatoms. The minimum absolute atomic E-state index is 0.0328. The van der Waals surface area contributed by atoms with Crippen LogP contribution in [0.15, 0.2) is 24.3 Å². The highest BCUT2D eigenvalue weighted by atomic mass is 16.6. The van der Waals surface area contributed by atoms with Gasteiger partial charge in [0.2, 0.25) is 11.5 Å². The fourth-order valence-electron chi connectivity index (χ4n) is 2.96. The third-order valence-electron chi connectivity index (χ3n) is 4.05. The van der Waals surface area contributed by atoms with E-state index in [1.807, 2.05) is 6.92 Å². The molecule has 7 nitrogen and oxygen atoms in total. The van der Waals surface area contributed by atoms with Crippen LogP contribution in [-0.4, -0.2) is 36.1 Å². The van der Waals surface area contributed by atoms with E-state index >= 15 is 0 Å². The third kappa shape index (κ3) is 2.67. The molecule has 2 atom stereocenters. The van der Waals surface area contributed by atoms with Crippen molar-refractivity contribution >= 4 is 11.9 Å². The molecule has 124 valence electrons. The number of ether oxygens (including phenoxy) is 2. The number of hydrogen-bond acceptors (Lipinski definition) is 6. The van der Waals surface area contributed by atoms with Gasteiger partial charge in [0.15, 0.2) is 0 Å². The molecule has 0 spiro atoms. The smallest absolute Gasteiger partial charge is 0.331 e. The van der Waals surface area contributed by atoms with Crippen molar-refractivity contribution < 1.29 is 24.0 Å². The maximum atomic E-state index is 12.4. The number of aryl methyl sites for hydroxylation is 1. The molecule has 1 aliphatic carbocycles. The second-order valence-electron chi connectivity index (χ2n) is 5.43. The molecule has 0 saturated heterocycles. The Kier molecular flexibility index (Phi) is 4.68. The average molecular weight is 321 g/mol. The van der Waals surface area contributed by atoms with E-state index in [9.17, 15) is 19.7 Å². The predicted molar refractivity (Wildman–Crippen MR) is 80.4 cm³/mol. The molecule has 0 aliphatic heterocycles. The van der Waals surface area contributed by atoms with Crippen molar-refractivity contribution in [3.8, 4) is 0 Å². The number of carbonyl (C=O) groups is 2. The maximum absolute atomic E-state index is 12.4. The van der Waals surface area contributed by atoms with Gasteiger partial charge in [0.05, 0.1) is 19.1 Å². The first-order chi connectivity index (χ1) is 10.9. The van der Waals surface area contributed by atoms with Crippen molar-refractivity contribution in [2.75, 3.05) is 13.2 Å². The van der Waals surface area contributed by atoms with Gasteiger partial charge in [-0.1, -0.05) is 29.8 Å². The van der Waals surface area contributed by atoms with Gasteiger partial charge in [-0.3, -0.25) is 19.7 Å². The number of rotatable bonds is 6. The summed E-state index contributed by atoms with van der Waals surface area (Å²) in [5, 5.41) is 11.4. The van der Waals surface area contributed by atoms with E-state index in [0.29, 0.717) is 5.56 Å². The fourth-order valence-corrected chi connectivity index (χ4v) is 2.96. The molecule has 0 heterocycles. The summed E-state index contributed by atoms with van der Waals surface area (Å²) in [6.45, 7) is 5.12. The van der Waals surface area contributed by atoms with Gasteiger partial charge < -0.3 is 9.47 Å². The van der Waals surface area contributed by atoms with Crippen LogP contribution in [0.5, 0.6) is 0 Å². The molecule has 0 radical (unpaired) electrons. The van der Waals surface area contributed by atoms with Crippen molar-refractivity contribution in [1.29, 1.82) is 0 Å². The number of carbonyl (C=O) groups excluding carboxylic acids is 2. The van der Waals surface area contributed by atoms with Crippen LogP contribution in [0, 0.1) is 22.5 Å². The zero-order valence-corrected chi connectivity index (χ0v) is 13.3. The van der Waals surface area contributed by atoms with Gasteiger partial charge in [-0.25, -0.2) is 0 Å². The van der Waals surface area contributed by atoms with Gasteiger partial charge in [0.1, 0.15) is 0 Å². The monoisotopic (exact) mass is 321 g/mol. The second-order valence-corrected chi connectivity index (χ2v) is 5.43. The summed E-state index contributed by atoms with van der Waals surface area (Å²) in [6, 6.07) is 5.58. The molecular weight excluding hydrogens is 302 g/mol. The van der Waals surface area contributed by atoms with E-state index in [0.717, 1.165) is 5.56 Å². The van der Waals surface area contributed by atoms with Gasteiger partial charge in [-0.15, -0.1) is 0 Å². The van der Waals surface area contributed by atoms with Crippen LogP contribution in [0.3, 0.4) is 0 Å². The van der Waals surface area contributed by atoms with Crippen LogP contribution in [0.2, 0.25) is 0 Å². The highest BCUT2D eigenvalue weighted by Gasteiger charge is 2.85. The zero-order valence-electron chi connectivity index (χ0n) is 13.3. The number of nitro groups is 1. The number of hydrogen-bond donors (Lipinski definition) is 0. The minimum atomic E-state index is -1.90. The summed E-state index contributed by atoms with van der Waals surface area (Å²) >= 11 is 0. The summed E-state index contributed by atoms with van der Waals surface area (Å²) in [6.07, 6.45) is 0. The largest absolute Gasteiger partial charge is 0.465 e. The van der Waals surface area contributed by atoms with Gasteiger partial charge in [0.25, 0.3) is 0 Å². The molecule has 1 fully saturated rings. The number of nitrogens with zero attached hydrogens (tertiary/aromatic N) is 1. The molecule has 0 N–H and O–H groups in total. The maximum Gasteiger partial charge on any atom is 0.331 e. The lowest BCUT2D eigenvalue weighted by Crippen LogP contribution is -2.35. The molecular formula is C16H19NO6. The topological polar surface area (TPSA) is 95.7 Å². The summed E-state index contributed by atoms with van der Waals surface area (Å²) in [5.74, 6) is -2.67. The first-order valence-electron chi connectivity index (χ1n) is 7.45. The van der Waals surface area contributed by atoms with Gasteiger partial charge >= 0.3 is 11.9 Å². The van der Waals surface area contributed by atoms with Crippen LogP contribution in [0.4, 0.5) is 0 Å². The number of esters is 2. The van der Waals surface area contributed by atoms with Crippen LogP contribution in [-0.2, 0) is 19.1 Å². The van der Waals surface area contributed by atoms with Crippen LogP contribution >= 0.6 is 0 Å². The molecule has 2 rings (SSSR count). The molecule has 0 aromatic heterocycles. The zero-order chi connectivity index (χ0) is 17.2. The summed E-state index contributed by atoms with van der Waals surface area (Å²) in [4.78, 5) is 35.6. The lowest BCUT2D eigenvalue weighted by atomic mass is 9.98. The third-order valence-corrected chi connectivity index (χ3v) is 4.05. The van der Waals surface area contributed by atoms with Gasteiger partial charge in [-0.2, -0.15) is 0 Å².